The lowest BCUT2D eigenvalue weighted by molar-refractivity contribution is 0.558. The molecule has 0 spiro atoms. The van der Waals surface area contributed by atoms with Crippen LogP contribution in [0.5, 0.6) is 0 Å². The molecule has 2 N–H and O–H groups in total. The van der Waals surface area contributed by atoms with Crippen LogP contribution in [0.15, 0.2) is 30.7 Å². The molecule has 0 aliphatic heterocycles. The normalized spacial score (nSPS) is 14.9. The quantitative estimate of drug-likeness (QED) is 0.829. The van der Waals surface area contributed by atoms with Crippen molar-refractivity contribution in [3.05, 3.63) is 53.4 Å². The number of hydrogen-bond acceptors (Lipinski definition) is 3. The summed E-state index contributed by atoms with van der Waals surface area (Å²) in [7, 11) is 0. The van der Waals surface area contributed by atoms with Crippen molar-refractivity contribution in [2.24, 2.45) is 11.7 Å². The van der Waals surface area contributed by atoms with Gasteiger partial charge in [-0.3, -0.25) is 4.57 Å². The highest BCUT2D eigenvalue weighted by atomic mass is 35.5. The molecule has 1 atom stereocenters. The minimum atomic E-state index is -0.955. The first-order valence-corrected chi connectivity index (χ1v) is 7.05. The lowest BCUT2D eigenvalue weighted by atomic mass is 9.89. The Morgan fingerprint density at radius 2 is 2.08 bits per heavy atom. The molecule has 1 fully saturated rings. The Morgan fingerprint density at radius 3 is 2.67 bits per heavy atom. The minimum Gasteiger partial charge on any atom is -0.317 e. The van der Waals surface area contributed by atoms with Crippen molar-refractivity contribution in [2.45, 2.75) is 25.3 Å². The molecule has 0 bridgehead atoms. The number of benzene rings is 1. The van der Waals surface area contributed by atoms with E-state index in [1.165, 1.54) is 12.1 Å². The number of imidazole rings is 1. The van der Waals surface area contributed by atoms with E-state index in [9.17, 15) is 4.39 Å². The Morgan fingerprint density at radius 1 is 1.38 bits per heavy atom. The Bertz CT molecular complexity index is 823. The molecule has 4 nitrogen and oxygen atoms in total. The first-order valence-electron chi connectivity index (χ1n) is 7.05. The molecule has 1 aromatic carbocycles. The number of halogens is 3. The van der Waals surface area contributed by atoms with Crippen LogP contribution < -0.4 is 5.73 Å². The maximum absolute atomic E-state index is 13.9. The standard InChI is InChI=1S/C17H15FN4.2ClH/c1-17(20,14-5-4-13(9-19)15(18)8-14)16-10-21-11-22(16)7-6-12-2-3-12;;/h4-5,8,10-12H,2-3,20H2,1H3;2*1H. The van der Waals surface area contributed by atoms with Gasteiger partial charge in [-0.05, 0) is 37.5 Å². The number of hydrogen-bond donors (Lipinski definition) is 1. The summed E-state index contributed by atoms with van der Waals surface area (Å²) in [5.41, 5.74) is 6.71. The largest absolute Gasteiger partial charge is 0.317 e. The summed E-state index contributed by atoms with van der Waals surface area (Å²) in [5, 5.41) is 8.81. The highest BCUT2D eigenvalue weighted by Gasteiger charge is 2.28. The van der Waals surface area contributed by atoms with E-state index in [4.69, 9.17) is 11.0 Å². The van der Waals surface area contributed by atoms with Gasteiger partial charge in [0, 0.05) is 12.0 Å². The molecule has 1 aromatic heterocycles. The average molecular weight is 367 g/mol. The van der Waals surface area contributed by atoms with Gasteiger partial charge in [0.05, 0.1) is 23.0 Å². The van der Waals surface area contributed by atoms with Crippen LogP contribution in [-0.2, 0) is 5.54 Å². The van der Waals surface area contributed by atoms with Crippen LogP contribution in [0.25, 0.3) is 0 Å². The lowest BCUT2D eigenvalue weighted by Gasteiger charge is -2.25. The van der Waals surface area contributed by atoms with Crippen molar-refractivity contribution in [3.8, 4) is 18.0 Å². The van der Waals surface area contributed by atoms with E-state index in [1.807, 2.05) is 0 Å². The van der Waals surface area contributed by atoms with Gasteiger partial charge in [0.2, 0.25) is 0 Å². The summed E-state index contributed by atoms with van der Waals surface area (Å²) in [4.78, 5) is 4.10. The van der Waals surface area contributed by atoms with E-state index >= 15 is 0 Å². The van der Waals surface area contributed by atoms with Gasteiger partial charge < -0.3 is 5.73 Å². The number of nitriles is 1. The van der Waals surface area contributed by atoms with Crippen molar-refractivity contribution in [1.82, 2.24) is 9.55 Å². The van der Waals surface area contributed by atoms with Gasteiger partial charge in [0.15, 0.2) is 0 Å². The van der Waals surface area contributed by atoms with Gasteiger partial charge in [-0.15, -0.1) is 24.8 Å². The molecule has 1 saturated carbocycles. The van der Waals surface area contributed by atoms with E-state index in [1.54, 1.807) is 36.2 Å². The zero-order valence-electron chi connectivity index (χ0n) is 13.0. The summed E-state index contributed by atoms with van der Waals surface area (Å²) in [5.74, 6) is 3.04. The van der Waals surface area contributed by atoms with Crippen molar-refractivity contribution in [1.29, 1.82) is 5.26 Å². The number of nitrogens with two attached hydrogens (primary N) is 1. The minimum absolute atomic E-state index is 0. The Hall–Kier alpha value is -2.05. The topological polar surface area (TPSA) is 67.6 Å². The Labute approximate surface area is 152 Å². The van der Waals surface area contributed by atoms with Gasteiger partial charge in [-0.25, -0.2) is 9.37 Å². The van der Waals surface area contributed by atoms with Crippen molar-refractivity contribution >= 4 is 24.8 Å². The SMILES string of the molecule is CC(N)(c1ccc(C#N)c(F)c1)c1cncn1C#CC1CC1.Cl.Cl. The van der Waals surface area contributed by atoms with Crippen molar-refractivity contribution in [3.63, 3.8) is 0 Å². The smallest absolute Gasteiger partial charge is 0.141 e. The zero-order valence-corrected chi connectivity index (χ0v) is 14.6. The second kappa shape index (κ2) is 7.68. The third-order valence-electron chi connectivity index (χ3n) is 3.83. The monoisotopic (exact) mass is 366 g/mol. The molecule has 1 aliphatic carbocycles. The van der Waals surface area contributed by atoms with Gasteiger partial charge in [-0.2, -0.15) is 5.26 Å². The molecule has 0 saturated heterocycles. The first kappa shape index (κ1) is 20.0. The summed E-state index contributed by atoms with van der Waals surface area (Å²) in [6.45, 7) is 1.78. The predicted molar refractivity (Wildman–Crippen MR) is 94.4 cm³/mol. The lowest BCUT2D eigenvalue weighted by Crippen LogP contribution is -2.36. The second-order valence-corrected chi connectivity index (χ2v) is 5.69. The second-order valence-electron chi connectivity index (χ2n) is 5.69. The van der Waals surface area contributed by atoms with Gasteiger partial charge >= 0.3 is 0 Å². The number of aromatic nitrogens is 2. The molecule has 2 aromatic rings. The predicted octanol–water partition coefficient (Wildman–Crippen LogP) is 3.18. The van der Waals surface area contributed by atoms with Crippen LogP contribution in [-0.4, -0.2) is 9.55 Å². The highest BCUT2D eigenvalue weighted by Crippen LogP contribution is 2.29. The molecular weight excluding hydrogens is 350 g/mol. The molecule has 0 radical (unpaired) electrons. The van der Waals surface area contributed by atoms with Crippen LogP contribution in [0, 0.1) is 35.0 Å². The molecule has 0 amide bonds. The summed E-state index contributed by atoms with van der Waals surface area (Å²) in [6, 6.07) is 9.24. The third kappa shape index (κ3) is 3.88. The maximum Gasteiger partial charge on any atom is 0.141 e. The summed E-state index contributed by atoms with van der Waals surface area (Å²) < 4.78 is 15.5. The maximum atomic E-state index is 13.9. The van der Waals surface area contributed by atoms with Gasteiger partial charge in [-0.1, -0.05) is 12.0 Å². The molecule has 1 unspecified atom stereocenters. The molecule has 24 heavy (non-hydrogen) atoms. The van der Waals surface area contributed by atoms with E-state index in [2.05, 4.69) is 16.9 Å². The molecule has 126 valence electrons. The fourth-order valence-corrected chi connectivity index (χ4v) is 2.23. The molecule has 7 heteroatoms. The molecular formula is C17H17Cl2FN4. The number of nitrogens with zero attached hydrogens (tertiary/aromatic N) is 3. The van der Waals surface area contributed by atoms with E-state index in [0.29, 0.717) is 17.2 Å². The van der Waals surface area contributed by atoms with Crippen LogP contribution in [0.3, 0.4) is 0 Å². The van der Waals surface area contributed by atoms with Crippen LogP contribution in [0.4, 0.5) is 4.39 Å². The highest BCUT2D eigenvalue weighted by molar-refractivity contribution is 5.85. The fraction of sp³-hybridized carbons (Fsp3) is 0.294. The Kier molecular flexibility index (Phi) is 6.40. The first-order chi connectivity index (χ1) is 10.5. The number of rotatable bonds is 2. The Balaban J connectivity index is 0.00000144. The third-order valence-corrected chi connectivity index (χ3v) is 3.83. The van der Waals surface area contributed by atoms with Crippen LogP contribution in [0.1, 0.15) is 36.6 Å². The van der Waals surface area contributed by atoms with Crippen molar-refractivity contribution in [2.75, 3.05) is 0 Å². The van der Waals surface area contributed by atoms with E-state index < -0.39 is 11.4 Å². The van der Waals surface area contributed by atoms with E-state index in [0.717, 1.165) is 12.8 Å². The molecule has 3 rings (SSSR count). The van der Waals surface area contributed by atoms with Gasteiger partial charge in [0.25, 0.3) is 0 Å². The molecule has 1 heterocycles. The van der Waals surface area contributed by atoms with Crippen LogP contribution in [0.2, 0.25) is 0 Å². The van der Waals surface area contributed by atoms with Crippen LogP contribution >= 0.6 is 24.8 Å². The van der Waals surface area contributed by atoms with Gasteiger partial charge in [0.1, 0.15) is 18.2 Å². The summed E-state index contributed by atoms with van der Waals surface area (Å²) >= 11 is 0. The molecule has 1 aliphatic rings. The summed E-state index contributed by atoms with van der Waals surface area (Å²) in [6.07, 6.45) is 5.52. The fourth-order valence-electron chi connectivity index (χ4n) is 2.23. The zero-order chi connectivity index (χ0) is 15.7. The average Bonchev–Trinajstić information content (AvgIpc) is 3.20. The van der Waals surface area contributed by atoms with E-state index in [-0.39, 0.29) is 30.4 Å². The van der Waals surface area contributed by atoms with Crippen molar-refractivity contribution < 1.29 is 4.39 Å².